The molecule has 4 nitrogen and oxygen atoms in total. The standard InChI is InChI=1S/C10H6Cl2N2O2/c11-6-1-2-9(8(3-6)10(15)16)14-5-7(12)4-13-14/h1-5H,(H,15,16). The monoisotopic (exact) mass is 256 g/mol. The Morgan fingerprint density at radius 2 is 2.06 bits per heavy atom. The molecule has 0 saturated heterocycles. The van der Waals surface area contributed by atoms with E-state index in [1.807, 2.05) is 0 Å². The highest BCUT2D eigenvalue weighted by molar-refractivity contribution is 6.31. The van der Waals surface area contributed by atoms with Crippen LogP contribution >= 0.6 is 23.2 Å². The molecule has 0 fully saturated rings. The Labute approximate surface area is 101 Å². The molecule has 0 unspecified atom stereocenters. The first-order chi connectivity index (χ1) is 7.58. The molecule has 0 aliphatic rings. The summed E-state index contributed by atoms with van der Waals surface area (Å²) in [4.78, 5) is 11.0. The summed E-state index contributed by atoms with van der Waals surface area (Å²) in [6.45, 7) is 0. The van der Waals surface area contributed by atoms with E-state index < -0.39 is 5.97 Å². The number of benzene rings is 1. The molecule has 0 bridgehead atoms. The molecule has 1 heterocycles. The lowest BCUT2D eigenvalue weighted by atomic mass is 10.2. The average Bonchev–Trinajstić information content (AvgIpc) is 2.64. The second-order valence-electron chi connectivity index (χ2n) is 3.07. The number of nitrogens with zero attached hydrogens (tertiary/aromatic N) is 2. The highest BCUT2D eigenvalue weighted by atomic mass is 35.5. The topological polar surface area (TPSA) is 55.1 Å². The highest BCUT2D eigenvalue weighted by Gasteiger charge is 2.12. The molecule has 0 aliphatic carbocycles. The first kappa shape index (κ1) is 11.0. The predicted molar refractivity (Wildman–Crippen MR) is 60.5 cm³/mol. The van der Waals surface area contributed by atoms with Crippen LogP contribution in [0.15, 0.2) is 30.6 Å². The Hall–Kier alpha value is -1.52. The smallest absolute Gasteiger partial charge is 0.337 e. The molecular weight excluding hydrogens is 251 g/mol. The normalized spacial score (nSPS) is 10.4. The van der Waals surface area contributed by atoms with Crippen LogP contribution in [0.1, 0.15) is 10.4 Å². The third kappa shape index (κ3) is 2.03. The van der Waals surface area contributed by atoms with Crippen LogP contribution in [0.2, 0.25) is 10.0 Å². The molecule has 16 heavy (non-hydrogen) atoms. The number of carboxylic acid groups (broad SMARTS) is 1. The van der Waals surface area contributed by atoms with Gasteiger partial charge in [0.2, 0.25) is 0 Å². The van der Waals surface area contributed by atoms with Gasteiger partial charge < -0.3 is 5.11 Å². The Morgan fingerprint density at radius 1 is 1.31 bits per heavy atom. The fourth-order valence-electron chi connectivity index (χ4n) is 1.31. The van der Waals surface area contributed by atoms with Crippen LogP contribution < -0.4 is 0 Å². The van der Waals surface area contributed by atoms with Gasteiger partial charge in [0.05, 0.1) is 22.5 Å². The van der Waals surface area contributed by atoms with E-state index in [-0.39, 0.29) is 5.56 Å². The van der Waals surface area contributed by atoms with Gasteiger partial charge in [0.25, 0.3) is 0 Å². The van der Waals surface area contributed by atoms with Crippen molar-refractivity contribution in [3.8, 4) is 5.69 Å². The zero-order chi connectivity index (χ0) is 11.7. The summed E-state index contributed by atoms with van der Waals surface area (Å²) in [7, 11) is 0. The first-order valence-electron chi connectivity index (χ1n) is 4.31. The number of carbonyl (C=O) groups is 1. The fourth-order valence-corrected chi connectivity index (χ4v) is 1.62. The number of halogens is 2. The van der Waals surface area contributed by atoms with E-state index in [0.29, 0.717) is 15.7 Å². The molecule has 0 spiro atoms. The first-order valence-corrected chi connectivity index (χ1v) is 5.07. The summed E-state index contributed by atoms with van der Waals surface area (Å²) in [5.41, 5.74) is 0.496. The molecule has 0 aliphatic heterocycles. The predicted octanol–water partition coefficient (Wildman–Crippen LogP) is 2.88. The minimum absolute atomic E-state index is 0.0762. The SMILES string of the molecule is O=C(O)c1cc(Cl)ccc1-n1cc(Cl)cn1. The van der Waals surface area contributed by atoms with Gasteiger partial charge in [-0.25, -0.2) is 9.48 Å². The molecule has 82 valence electrons. The summed E-state index contributed by atoms with van der Waals surface area (Å²) in [5.74, 6) is -1.07. The van der Waals surface area contributed by atoms with Crippen LogP contribution in [-0.4, -0.2) is 20.9 Å². The molecule has 1 aromatic heterocycles. The molecule has 1 N–H and O–H groups in total. The molecule has 0 atom stereocenters. The summed E-state index contributed by atoms with van der Waals surface area (Å²) < 4.78 is 1.39. The van der Waals surface area contributed by atoms with Crippen LogP contribution in [0.3, 0.4) is 0 Å². The van der Waals surface area contributed by atoms with E-state index in [9.17, 15) is 4.79 Å². The largest absolute Gasteiger partial charge is 0.478 e. The van der Waals surface area contributed by atoms with Crippen molar-refractivity contribution >= 4 is 29.2 Å². The van der Waals surface area contributed by atoms with Gasteiger partial charge in [0.15, 0.2) is 0 Å². The number of aromatic carboxylic acids is 1. The fraction of sp³-hybridized carbons (Fsp3) is 0. The minimum Gasteiger partial charge on any atom is -0.478 e. The van der Waals surface area contributed by atoms with Gasteiger partial charge in [-0.05, 0) is 18.2 Å². The summed E-state index contributed by atoms with van der Waals surface area (Å²) in [5, 5.41) is 13.8. The van der Waals surface area contributed by atoms with Gasteiger partial charge in [-0.1, -0.05) is 23.2 Å². The molecule has 2 rings (SSSR count). The van der Waals surface area contributed by atoms with Crippen molar-refractivity contribution in [2.24, 2.45) is 0 Å². The molecule has 2 aromatic rings. The lowest BCUT2D eigenvalue weighted by molar-refractivity contribution is 0.0696. The van der Waals surface area contributed by atoms with E-state index in [4.69, 9.17) is 28.3 Å². The van der Waals surface area contributed by atoms with Gasteiger partial charge in [-0.2, -0.15) is 5.10 Å². The van der Waals surface area contributed by atoms with Gasteiger partial charge >= 0.3 is 5.97 Å². The van der Waals surface area contributed by atoms with Crippen molar-refractivity contribution < 1.29 is 9.90 Å². The summed E-state index contributed by atoms with van der Waals surface area (Å²) in [6.07, 6.45) is 2.96. The van der Waals surface area contributed by atoms with Gasteiger partial charge in [-0.15, -0.1) is 0 Å². The second-order valence-corrected chi connectivity index (χ2v) is 3.94. The maximum atomic E-state index is 11.0. The summed E-state index contributed by atoms with van der Waals surface area (Å²) >= 11 is 11.5. The zero-order valence-electron chi connectivity index (χ0n) is 7.89. The van der Waals surface area contributed by atoms with Crippen molar-refractivity contribution in [1.82, 2.24) is 9.78 Å². The summed E-state index contributed by atoms with van der Waals surface area (Å²) in [6, 6.07) is 4.54. The third-order valence-corrected chi connectivity index (χ3v) is 2.42. The van der Waals surface area contributed by atoms with Crippen molar-refractivity contribution in [3.63, 3.8) is 0 Å². The van der Waals surface area contributed by atoms with E-state index in [2.05, 4.69) is 5.10 Å². The van der Waals surface area contributed by atoms with Gasteiger partial charge in [-0.3, -0.25) is 0 Å². The zero-order valence-corrected chi connectivity index (χ0v) is 9.40. The van der Waals surface area contributed by atoms with Crippen LogP contribution in [0.25, 0.3) is 5.69 Å². The van der Waals surface area contributed by atoms with Crippen molar-refractivity contribution in [3.05, 3.63) is 46.2 Å². The number of aromatic nitrogens is 2. The second kappa shape index (κ2) is 4.15. The molecule has 1 aromatic carbocycles. The molecule has 6 heteroatoms. The van der Waals surface area contributed by atoms with Crippen molar-refractivity contribution in [2.45, 2.75) is 0 Å². The molecule has 0 radical (unpaired) electrons. The van der Waals surface area contributed by atoms with Gasteiger partial charge in [0, 0.05) is 11.2 Å². The lowest BCUT2D eigenvalue weighted by Gasteiger charge is -2.05. The van der Waals surface area contributed by atoms with E-state index in [0.717, 1.165) is 0 Å². The maximum Gasteiger partial charge on any atom is 0.337 e. The Bertz CT molecular complexity index is 552. The number of rotatable bonds is 2. The van der Waals surface area contributed by atoms with E-state index >= 15 is 0 Å². The Kier molecular flexibility index (Phi) is 2.85. The van der Waals surface area contributed by atoms with Crippen LogP contribution in [0, 0.1) is 0 Å². The van der Waals surface area contributed by atoms with Crippen LogP contribution in [0.5, 0.6) is 0 Å². The van der Waals surface area contributed by atoms with Crippen molar-refractivity contribution in [1.29, 1.82) is 0 Å². The number of carboxylic acids is 1. The highest BCUT2D eigenvalue weighted by Crippen LogP contribution is 2.20. The van der Waals surface area contributed by atoms with Crippen LogP contribution in [0.4, 0.5) is 0 Å². The average molecular weight is 257 g/mol. The molecule has 0 amide bonds. The van der Waals surface area contributed by atoms with Crippen LogP contribution in [-0.2, 0) is 0 Å². The Morgan fingerprint density at radius 3 is 2.62 bits per heavy atom. The quantitative estimate of drug-likeness (QED) is 0.899. The van der Waals surface area contributed by atoms with Gasteiger partial charge in [0.1, 0.15) is 0 Å². The third-order valence-electron chi connectivity index (χ3n) is 1.99. The number of hydrogen-bond donors (Lipinski definition) is 1. The number of hydrogen-bond acceptors (Lipinski definition) is 2. The van der Waals surface area contributed by atoms with E-state index in [1.54, 1.807) is 12.1 Å². The lowest BCUT2D eigenvalue weighted by Crippen LogP contribution is -2.05. The Balaban J connectivity index is 2.60. The van der Waals surface area contributed by atoms with Crippen molar-refractivity contribution in [2.75, 3.05) is 0 Å². The maximum absolute atomic E-state index is 11.0. The van der Waals surface area contributed by atoms with E-state index in [1.165, 1.54) is 23.1 Å². The molecule has 0 saturated carbocycles. The molecular formula is C10H6Cl2N2O2. The minimum atomic E-state index is -1.07.